The van der Waals surface area contributed by atoms with Gasteiger partial charge in [-0.1, -0.05) is 30.3 Å². The Hall–Kier alpha value is -2.43. The van der Waals surface area contributed by atoms with Gasteiger partial charge in [0.25, 0.3) is 0 Å². The number of piperazine rings is 1. The Morgan fingerprint density at radius 1 is 1.13 bits per heavy atom. The second-order valence-electron chi connectivity index (χ2n) is 7.89. The summed E-state index contributed by atoms with van der Waals surface area (Å²) in [4.78, 5) is 13.5. The van der Waals surface area contributed by atoms with Crippen LogP contribution in [0.3, 0.4) is 0 Å². The highest BCUT2D eigenvalue weighted by Crippen LogP contribution is 2.25. The third kappa shape index (κ3) is 7.34. The molecule has 1 aromatic carbocycles. The van der Waals surface area contributed by atoms with E-state index in [0.717, 1.165) is 31.7 Å². The maximum absolute atomic E-state index is 12.4. The van der Waals surface area contributed by atoms with E-state index >= 15 is 0 Å². The summed E-state index contributed by atoms with van der Waals surface area (Å²) in [7, 11) is -1.34. The minimum absolute atomic E-state index is 0.0464. The van der Waals surface area contributed by atoms with Crippen molar-refractivity contribution in [3.63, 3.8) is 0 Å². The van der Waals surface area contributed by atoms with Crippen molar-refractivity contribution in [1.82, 2.24) is 19.6 Å². The number of hydrogen-bond acceptors (Lipinski definition) is 8. The number of rotatable bonds is 10. The van der Waals surface area contributed by atoms with E-state index in [2.05, 4.69) is 36.9 Å². The van der Waals surface area contributed by atoms with Crippen molar-refractivity contribution in [1.29, 1.82) is 0 Å². The summed E-state index contributed by atoms with van der Waals surface area (Å²) in [6, 6.07) is 9.44. The summed E-state index contributed by atoms with van der Waals surface area (Å²) in [6.07, 6.45) is 1.61. The van der Waals surface area contributed by atoms with E-state index in [-0.39, 0.29) is 24.9 Å². The molecule has 0 saturated carbocycles. The smallest absolute Gasteiger partial charge is 0.227 e. The van der Waals surface area contributed by atoms with Crippen molar-refractivity contribution < 1.29 is 13.2 Å². The molecule has 0 bridgehead atoms. The fourth-order valence-electron chi connectivity index (χ4n) is 3.15. The molecule has 0 amide bonds. The molecule has 2 aromatic rings. The van der Waals surface area contributed by atoms with Gasteiger partial charge in [0.1, 0.15) is 0 Å². The van der Waals surface area contributed by atoms with Crippen LogP contribution in [0.15, 0.2) is 36.5 Å². The molecule has 0 radical (unpaired) electrons. The third-order valence-corrected chi connectivity index (χ3v) is 6.22. The van der Waals surface area contributed by atoms with Crippen LogP contribution in [0.2, 0.25) is 0 Å². The van der Waals surface area contributed by atoms with Crippen molar-refractivity contribution in [2.45, 2.75) is 26.5 Å². The molecule has 3 rings (SSSR count). The minimum Gasteiger partial charge on any atom is -0.486 e. The summed E-state index contributed by atoms with van der Waals surface area (Å²) >= 11 is 0. The molecular weight excluding hydrogens is 416 g/mol. The Bertz CT molecular complexity index is 931. The number of anilines is 2. The Balaban J connectivity index is 1.62. The second kappa shape index (κ2) is 10.7. The zero-order valence-electron chi connectivity index (χ0n) is 18.4. The van der Waals surface area contributed by atoms with Crippen molar-refractivity contribution in [2.75, 3.05) is 55.7 Å². The van der Waals surface area contributed by atoms with Gasteiger partial charge in [-0.25, -0.2) is 18.1 Å². The highest BCUT2D eigenvalue weighted by Gasteiger charge is 2.19. The standard InChI is InChI=1S/C21H32N6O3S/c1-17(2)30-19-16-23-21(27-12-10-26(3)11-13-27)25-20(19)22-9-14-31(28,29)24-15-18-7-5-4-6-8-18/h4-8,16-17,24H,9-15H2,1-3H3,(H,22,23,25). The SMILES string of the molecule is CC(C)Oc1cnc(N2CCN(C)CC2)nc1NCCS(=O)(=O)NCc1ccccc1. The van der Waals surface area contributed by atoms with E-state index in [1.54, 1.807) is 6.20 Å². The topological polar surface area (TPSA) is 99.7 Å². The monoisotopic (exact) mass is 448 g/mol. The molecule has 9 nitrogen and oxygen atoms in total. The normalized spacial score (nSPS) is 15.3. The summed E-state index contributed by atoms with van der Waals surface area (Å²) < 4.78 is 33.2. The molecule has 1 aliphatic rings. The molecule has 10 heteroatoms. The largest absolute Gasteiger partial charge is 0.486 e. The van der Waals surface area contributed by atoms with Crippen LogP contribution < -0.4 is 19.7 Å². The highest BCUT2D eigenvalue weighted by molar-refractivity contribution is 7.89. The lowest BCUT2D eigenvalue weighted by molar-refractivity contribution is 0.242. The van der Waals surface area contributed by atoms with E-state index in [1.165, 1.54) is 0 Å². The Morgan fingerprint density at radius 3 is 2.52 bits per heavy atom. The average Bonchev–Trinajstić information content (AvgIpc) is 2.74. The highest BCUT2D eigenvalue weighted by atomic mass is 32.2. The number of ether oxygens (including phenoxy) is 1. The number of nitrogens with zero attached hydrogens (tertiary/aromatic N) is 4. The molecule has 31 heavy (non-hydrogen) atoms. The van der Waals surface area contributed by atoms with Crippen LogP contribution in [-0.2, 0) is 16.6 Å². The van der Waals surface area contributed by atoms with Crippen molar-refractivity contribution in [3.8, 4) is 5.75 Å². The molecule has 0 atom stereocenters. The van der Waals surface area contributed by atoms with Gasteiger partial charge < -0.3 is 19.9 Å². The van der Waals surface area contributed by atoms with Crippen molar-refractivity contribution >= 4 is 21.8 Å². The number of likely N-dealkylation sites (N-methyl/N-ethyl adjacent to an activating group) is 1. The van der Waals surface area contributed by atoms with E-state index in [1.807, 2.05) is 44.2 Å². The summed E-state index contributed by atoms with van der Waals surface area (Å²) in [5.74, 6) is 1.57. The van der Waals surface area contributed by atoms with E-state index in [0.29, 0.717) is 17.5 Å². The lowest BCUT2D eigenvalue weighted by atomic mass is 10.2. The van der Waals surface area contributed by atoms with E-state index < -0.39 is 10.0 Å². The molecular formula is C21H32N6O3S. The van der Waals surface area contributed by atoms with Gasteiger partial charge in [-0.2, -0.15) is 4.98 Å². The van der Waals surface area contributed by atoms with Gasteiger partial charge in [0.05, 0.1) is 18.1 Å². The number of benzene rings is 1. The predicted octanol–water partition coefficient (Wildman–Crippen LogP) is 1.55. The Labute approximate surface area is 184 Å². The lowest BCUT2D eigenvalue weighted by Gasteiger charge is -2.32. The van der Waals surface area contributed by atoms with Crippen LogP contribution in [0, 0.1) is 0 Å². The van der Waals surface area contributed by atoms with Gasteiger partial charge in [0.15, 0.2) is 11.6 Å². The van der Waals surface area contributed by atoms with Crippen molar-refractivity contribution in [2.24, 2.45) is 0 Å². The first kappa shape index (κ1) is 23.2. The molecule has 1 saturated heterocycles. The van der Waals surface area contributed by atoms with Gasteiger partial charge in [-0.15, -0.1) is 0 Å². The van der Waals surface area contributed by atoms with Gasteiger partial charge in [0.2, 0.25) is 16.0 Å². The molecule has 170 valence electrons. The molecule has 0 spiro atoms. The predicted molar refractivity (Wildman–Crippen MR) is 123 cm³/mol. The molecule has 1 fully saturated rings. The number of sulfonamides is 1. The fraction of sp³-hybridized carbons (Fsp3) is 0.524. The molecule has 1 aromatic heterocycles. The summed E-state index contributed by atoms with van der Waals surface area (Å²) in [5.41, 5.74) is 0.916. The van der Waals surface area contributed by atoms with Gasteiger partial charge in [-0.05, 0) is 26.5 Å². The van der Waals surface area contributed by atoms with Crippen molar-refractivity contribution in [3.05, 3.63) is 42.1 Å². The lowest BCUT2D eigenvalue weighted by Crippen LogP contribution is -2.45. The van der Waals surface area contributed by atoms with Gasteiger partial charge in [-0.3, -0.25) is 0 Å². The molecule has 2 N–H and O–H groups in total. The summed E-state index contributed by atoms with van der Waals surface area (Å²) in [5, 5.41) is 3.13. The molecule has 2 heterocycles. The first-order chi connectivity index (χ1) is 14.8. The molecule has 1 aliphatic heterocycles. The maximum Gasteiger partial charge on any atom is 0.227 e. The zero-order chi connectivity index (χ0) is 22.3. The third-order valence-electron chi connectivity index (χ3n) is 4.89. The van der Waals surface area contributed by atoms with Gasteiger partial charge >= 0.3 is 0 Å². The Morgan fingerprint density at radius 2 is 1.84 bits per heavy atom. The zero-order valence-corrected chi connectivity index (χ0v) is 19.2. The minimum atomic E-state index is -3.44. The van der Waals surface area contributed by atoms with Gasteiger partial charge in [0, 0.05) is 39.3 Å². The van der Waals surface area contributed by atoms with Crippen LogP contribution in [0.4, 0.5) is 11.8 Å². The van der Waals surface area contributed by atoms with Crippen LogP contribution in [-0.4, -0.2) is 74.9 Å². The van der Waals surface area contributed by atoms with Crippen LogP contribution in [0.25, 0.3) is 0 Å². The first-order valence-corrected chi connectivity index (χ1v) is 12.2. The number of aromatic nitrogens is 2. The molecule has 0 aliphatic carbocycles. The Kier molecular flexibility index (Phi) is 8.05. The summed E-state index contributed by atoms with van der Waals surface area (Å²) in [6.45, 7) is 7.91. The second-order valence-corrected chi connectivity index (χ2v) is 9.82. The van der Waals surface area contributed by atoms with Crippen LogP contribution in [0.1, 0.15) is 19.4 Å². The molecule has 0 unspecified atom stereocenters. The maximum atomic E-state index is 12.4. The quantitative estimate of drug-likeness (QED) is 0.565. The van der Waals surface area contributed by atoms with Crippen LogP contribution in [0.5, 0.6) is 5.75 Å². The van der Waals surface area contributed by atoms with E-state index in [4.69, 9.17) is 4.74 Å². The average molecular weight is 449 g/mol. The first-order valence-electron chi connectivity index (χ1n) is 10.5. The number of nitrogens with one attached hydrogen (secondary N) is 2. The van der Waals surface area contributed by atoms with E-state index in [9.17, 15) is 8.42 Å². The fourth-order valence-corrected chi connectivity index (χ4v) is 4.05. The number of hydrogen-bond donors (Lipinski definition) is 2. The van der Waals surface area contributed by atoms with Crippen LogP contribution >= 0.6 is 0 Å².